The molecule has 0 aliphatic heterocycles. The van der Waals surface area contributed by atoms with E-state index >= 15 is 0 Å². The summed E-state index contributed by atoms with van der Waals surface area (Å²) in [5.41, 5.74) is 2.98. The molecule has 0 aliphatic carbocycles. The van der Waals surface area contributed by atoms with E-state index in [9.17, 15) is 0 Å². The number of halogens is 1. The van der Waals surface area contributed by atoms with Crippen molar-refractivity contribution in [3.63, 3.8) is 0 Å². The van der Waals surface area contributed by atoms with Gasteiger partial charge in [0.1, 0.15) is 6.33 Å². The van der Waals surface area contributed by atoms with Crippen LogP contribution in [-0.2, 0) is 6.54 Å². The van der Waals surface area contributed by atoms with Gasteiger partial charge >= 0.3 is 0 Å². The van der Waals surface area contributed by atoms with Gasteiger partial charge in [0, 0.05) is 10.2 Å². The van der Waals surface area contributed by atoms with Gasteiger partial charge in [0.2, 0.25) is 11.8 Å². The minimum Gasteiger partial charge on any atom is -0.481 e. The van der Waals surface area contributed by atoms with Crippen molar-refractivity contribution in [3.8, 4) is 11.8 Å². The second-order valence-corrected chi connectivity index (χ2v) is 5.10. The summed E-state index contributed by atoms with van der Waals surface area (Å²) >= 11 is 3.46. The minimum atomic E-state index is 0.511. The summed E-state index contributed by atoms with van der Waals surface area (Å²) in [7, 11) is 3.16. The molecule has 0 fully saturated rings. The summed E-state index contributed by atoms with van der Waals surface area (Å²) in [4.78, 5) is 8.19. The van der Waals surface area contributed by atoms with Gasteiger partial charge in [0.05, 0.1) is 26.3 Å². The lowest BCUT2D eigenvalue weighted by atomic mass is 10.2. The smallest absolute Gasteiger partial charge is 0.225 e. The van der Waals surface area contributed by atoms with Gasteiger partial charge in [-0.05, 0) is 24.6 Å². The van der Waals surface area contributed by atoms with Crippen LogP contribution in [0.2, 0.25) is 0 Å². The van der Waals surface area contributed by atoms with Gasteiger partial charge in [-0.2, -0.15) is 0 Å². The number of hydrogen-bond acceptors (Lipinski definition) is 5. The fraction of sp³-hybridized carbons (Fsp3) is 0.286. The van der Waals surface area contributed by atoms with Crippen molar-refractivity contribution in [1.82, 2.24) is 9.97 Å². The van der Waals surface area contributed by atoms with Gasteiger partial charge in [-0.3, -0.25) is 0 Å². The third-order valence-corrected chi connectivity index (χ3v) is 3.40. The number of methoxy groups -OCH3 is 2. The maximum Gasteiger partial charge on any atom is 0.225 e. The van der Waals surface area contributed by atoms with Crippen LogP contribution in [0, 0.1) is 6.92 Å². The normalized spacial score (nSPS) is 10.2. The molecule has 0 aliphatic rings. The Balaban J connectivity index is 2.24. The zero-order valence-corrected chi connectivity index (χ0v) is 13.2. The number of rotatable bonds is 5. The number of aryl methyl sites for hydroxylation is 1. The van der Waals surface area contributed by atoms with Gasteiger partial charge in [-0.15, -0.1) is 0 Å². The molecule has 1 aromatic heterocycles. The number of nitrogens with one attached hydrogen (secondary N) is 1. The van der Waals surface area contributed by atoms with Crippen LogP contribution in [-0.4, -0.2) is 24.2 Å². The number of aromatic nitrogens is 2. The first-order valence-electron chi connectivity index (χ1n) is 6.07. The third-order valence-electron chi connectivity index (χ3n) is 2.91. The van der Waals surface area contributed by atoms with Crippen molar-refractivity contribution in [2.75, 3.05) is 19.5 Å². The largest absolute Gasteiger partial charge is 0.481 e. The first kappa shape index (κ1) is 14.6. The van der Waals surface area contributed by atoms with Crippen molar-refractivity contribution >= 4 is 21.6 Å². The quantitative estimate of drug-likeness (QED) is 0.907. The SMILES string of the molecule is COc1ncnc(OC)c1CNc1cc(Br)ccc1C. The fourth-order valence-corrected chi connectivity index (χ4v) is 2.21. The highest BCUT2D eigenvalue weighted by Gasteiger charge is 2.13. The number of ether oxygens (including phenoxy) is 2. The lowest BCUT2D eigenvalue weighted by Gasteiger charge is -2.13. The molecule has 0 amide bonds. The topological polar surface area (TPSA) is 56.3 Å². The molecule has 0 spiro atoms. The van der Waals surface area contributed by atoms with E-state index in [2.05, 4.69) is 31.2 Å². The van der Waals surface area contributed by atoms with Crippen LogP contribution in [0.3, 0.4) is 0 Å². The molecule has 5 nitrogen and oxygen atoms in total. The van der Waals surface area contributed by atoms with E-state index in [0.717, 1.165) is 21.3 Å². The minimum absolute atomic E-state index is 0.511. The second kappa shape index (κ2) is 6.56. The zero-order valence-electron chi connectivity index (χ0n) is 11.6. The number of anilines is 1. The lowest BCUT2D eigenvalue weighted by Crippen LogP contribution is -2.07. The van der Waals surface area contributed by atoms with Crippen LogP contribution in [0.25, 0.3) is 0 Å². The molecule has 0 unspecified atom stereocenters. The summed E-state index contributed by atoms with van der Waals surface area (Å²) in [6.45, 7) is 2.56. The Morgan fingerprint density at radius 2 is 1.80 bits per heavy atom. The van der Waals surface area contributed by atoms with Crippen LogP contribution in [0.15, 0.2) is 29.0 Å². The summed E-state index contributed by atoms with van der Waals surface area (Å²) in [5.74, 6) is 1.02. The summed E-state index contributed by atoms with van der Waals surface area (Å²) < 4.78 is 11.5. The average molecular weight is 338 g/mol. The zero-order chi connectivity index (χ0) is 14.5. The molecule has 20 heavy (non-hydrogen) atoms. The molecule has 0 saturated carbocycles. The van der Waals surface area contributed by atoms with Gasteiger partial charge < -0.3 is 14.8 Å². The Hall–Kier alpha value is -1.82. The van der Waals surface area contributed by atoms with E-state index in [0.29, 0.717) is 18.3 Å². The van der Waals surface area contributed by atoms with E-state index in [1.807, 2.05) is 25.1 Å². The van der Waals surface area contributed by atoms with Crippen LogP contribution in [0.4, 0.5) is 5.69 Å². The predicted molar refractivity (Wildman–Crippen MR) is 81.3 cm³/mol. The summed E-state index contributed by atoms with van der Waals surface area (Å²) in [6, 6.07) is 6.08. The molecule has 0 saturated heterocycles. The molecule has 2 rings (SSSR count). The summed E-state index contributed by atoms with van der Waals surface area (Å²) in [5, 5.41) is 3.35. The maximum atomic E-state index is 5.25. The van der Waals surface area contributed by atoms with Crippen LogP contribution < -0.4 is 14.8 Å². The Kier molecular flexibility index (Phi) is 4.79. The summed E-state index contributed by atoms with van der Waals surface area (Å²) in [6.07, 6.45) is 1.42. The molecule has 1 heterocycles. The molecule has 2 aromatic rings. The van der Waals surface area contributed by atoms with E-state index in [-0.39, 0.29) is 0 Å². The van der Waals surface area contributed by atoms with Gasteiger partial charge in [-0.1, -0.05) is 22.0 Å². The van der Waals surface area contributed by atoms with Crippen LogP contribution in [0.1, 0.15) is 11.1 Å². The molecule has 1 aromatic carbocycles. The predicted octanol–water partition coefficient (Wildman–Crippen LogP) is 3.18. The van der Waals surface area contributed by atoms with Gasteiger partial charge in [0.25, 0.3) is 0 Å². The standard InChI is InChI=1S/C14H16BrN3O2/c1-9-4-5-10(15)6-12(9)16-7-11-13(19-2)17-8-18-14(11)20-3/h4-6,8,16H,7H2,1-3H3. The van der Waals surface area contributed by atoms with E-state index in [1.165, 1.54) is 6.33 Å². The van der Waals surface area contributed by atoms with Gasteiger partial charge in [0.15, 0.2) is 0 Å². The van der Waals surface area contributed by atoms with E-state index in [4.69, 9.17) is 9.47 Å². The maximum absolute atomic E-state index is 5.25. The Morgan fingerprint density at radius 3 is 2.40 bits per heavy atom. The van der Waals surface area contributed by atoms with Crippen molar-refractivity contribution in [2.24, 2.45) is 0 Å². The first-order valence-corrected chi connectivity index (χ1v) is 6.87. The van der Waals surface area contributed by atoms with Crippen LogP contribution >= 0.6 is 15.9 Å². The van der Waals surface area contributed by atoms with Crippen molar-refractivity contribution in [3.05, 3.63) is 40.1 Å². The monoisotopic (exact) mass is 337 g/mol. The lowest BCUT2D eigenvalue weighted by molar-refractivity contribution is 0.363. The second-order valence-electron chi connectivity index (χ2n) is 4.18. The molecule has 0 bridgehead atoms. The Morgan fingerprint density at radius 1 is 1.15 bits per heavy atom. The molecular formula is C14H16BrN3O2. The Bertz CT molecular complexity index is 583. The average Bonchev–Trinajstić information content (AvgIpc) is 2.47. The molecule has 1 N–H and O–H groups in total. The van der Waals surface area contributed by atoms with E-state index < -0.39 is 0 Å². The molecule has 6 heteroatoms. The first-order chi connectivity index (χ1) is 9.65. The third kappa shape index (κ3) is 3.19. The van der Waals surface area contributed by atoms with Gasteiger partial charge in [-0.25, -0.2) is 9.97 Å². The highest BCUT2D eigenvalue weighted by Crippen LogP contribution is 2.26. The molecular weight excluding hydrogens is 322 g/mol. The highest BCUT2D eigenvalue weighted by atomic mass is 79.9. The number of hydrogen-bond donors (Lipinski definition) is 1. The molecule has 0 radical (unpaired) electrons. The van der Waals surface area contributed by atoms with Crippen molar-refractivity contribution in [2.45, 2.75) is 13.5 Å². The highest BCUT2D eigenvalue weighted by molar-refractivity contribution is 9.10. The fourth-order valence-electron chi connectivity index (χ4n) is 1.85. The Labute approximate surface area is 126 Å². The number of benzene rings is 1. The van der Waals surface area contributed by atoms with Crippen molar-refractivity contribution in [1.29, 1.82) is 0 Å². The molecule has 0 atom stereocenters. The molecule has 106 valence electrons. The number of nitrogens with zero attached hydrogens (tertiary/aromatic N) is 2. The van der Waals surface area contributed by atoms with Crippen molar-refractivity contribution < 1.29 is 9.47 Å². The van der Waals surface area contributed by atoms with E-state index in [1.54, 1.807) is 14.2 Å². The van der Waals surface area contributed by atoms with Crippen LogP contribution in [0.5, 0.6) is 11.8 Å².